The highest BCUT2D eigenvalue weighted by Crippen LogP contribution is 2.24. The van der Waals surface area contributed by atoms with Crippen molar-refractivity contribution in [1.82, 2.24) is 20.2 Å². The van der Waals surface area contributed by atoms with Crippen molar-refractivity contribution < 1.29 is 14.7 Å². The summed E-state index contributed by atoms with van der Waals surface area (Å²) < 4.78 is 0. The van der Waals surface area contributed by atoms with E-state index in [9.17, 15) is 9.59 Å². The van der Waals surface area contributed by atoms with Crippen LogP contribution in [0.25, 0.3) is 0 Å². The molecule has 0 saturated heterocycles. The number of carbonyl (C=O) groups excluding carboxylic acids is 1. The predicted octanol–water partition coefficient (Wildman–Crippen LogP) is -0.440. The van der Waals surface area contributed by atoms with Gasteiger partial charge in [0.1, 0.15) is 11.9 Å². The molecule has 0 bridgehead atoms. The molecule has 8 nitrogen and oxygen atoms in total. The summed E-state index contributed by atoms with van der Waals surface area (Å²) in [5.74, 6) is -0.0475. The van der Waals surface area contributed by atoms with Gasteiger partial charge in [0.05, 0.1) is 13.1 Å². The predicted molar refractivity (Wildman–Crippen MR) is 90.6 cm³/mol. The molecule has 2 rings (SSSR count). The van der Waals surface area contributed by atoms with Crippen LogP contribution in [0, 0.1) is 0 Å². The Bertz CT molecular complexity index is 544. The highest BCUT2D eigenvalue weighted by molar-refractivity contribution is 5.77. The third kappa shape index (κ3) is 4.48. The van der Waals surface area contributed by atoms with Gasteiger partial charge >= 0.3 is 5.97 Å². The van der Waals surface area contributed by atoms with Crippen LogP contribution in [0.15, 0.2) is 23.5 Å². The van der Waals surface area contributed by atoms with E-state index in [1.807, 2.05) is 10.0 Å². The van der Waals surface area contributed by atoms with Gasteiger partial charge in [0.15, 0.2) is 0 Å². The Hall–Kier alpha value is -2.06. The van der Waals surface area contributed by atoms with Crippen molar-refractivity contribution in [1.29, 1.82) is 0 Å². The molecule has 0 unspecified atom stereocenters. The summed E-state index contributed by atoms with van der Waals surface area (Å²) >= 11 is 0. The minimum absolute atomic E-state index is 0.0357. The number of hydrogen-bond acceptors (Lipinski definition) is 6. The molecular formula is C16H27N5O3. The van der Waals surface area contributed by atoms with Crippen molar-refractivity contribution >= 4 is 11.9 Å². The van der Waals surface area contributed by atoms with Crippen LogP contribution in [0.5, 0.6) is 0 Å². The summed E-state index contributed by atoms with van der Waals surface area (Å²) in [4.78, 5) is 24.7. The van der Waals surface area contributed by atoms with Gasteiger partial charge in [0.25, 0.3) is 0 Å². The van der Waals surface area contributed by atoms with Gasteiger partial charge < -0.3 is 21.1 Å². The van der Waals surface area contributed by atoms with Gasteiger partial charge in [-0.1, -0.05) is 12.2 Å². The van der Waals surface area contributed by atoms with Crippen molar-refractivity contribution in [3.05, 3.63) is 23.5 Å². The second kappa shape index (κ2) is 8.16. The van der Waals surface area contributed by atoms with E-state index in [4.69, 9.17) is 10.8 Å². The molecular weight excluding hydrogens is 310 g/mol. The van der Waals surface area contributed by atoms with E-state index in [2.05, 4.69) is 17.5 Å². The van der Waals surface area contributed by atoms with Crippen molar-refractivity contribution in [2.24, 2.45) is 5.73 Å². The molecule has 0 saturated carbocycles. The quantitative estimate of drug-likeness (QED) is 0.579. The van der Waals surface area contributed by atoms with Crippen molar-refractivity contribution in [2.45, 2.75) is 25.3 Å². The molecule has 0 aromatic rings. The van der Waals surface area contributed by atoms with Crippen LogP contribution in [0.3, 0.4) is 0 Å². The Morgan fingerprint density at radius 1 is 1.46 bits per heavy atom. The first-order valence-electron chi connectivity index (χ1n) is 8.24. The number of amides is 1. The lowest BCUT2D eigenvalue weighted by Crippen LogP contribution is -2.52. The van der Waals surface area contributed by atoms with E-state index in [-0.39, 0.29) is 18.9 Å². The molecule has 134 valence electrons. The molecule has 2 aliphatic heterocycles. The first-order chi connectivity index (χ1) is 11.4. The largest absolute Gasteiger partial charge is 0.480 e. The Morgan fingerprint density at radius 3 is 2.88 bits per heavy atom. The fourth-order valence-electron chi connectivity index (χ4n) is 2.77. The molecule has 4 N–H and O–H groups in total. The summed E-state index contributed by atoms with van der Waals surface area (Å²) in [6, 6.07) is -0.935. The number of nitrogens with two attached hydrogens (primary N) is 1. The lowest BCUT2D eigenvalue weighted by atomic mass is 10.0. The maximum atomic E-state index is 12.2. The molecule has 0 aromatic carbocycles. The number of nitrogens with zero attached hydrogens (tertiary/aromatic N) is 3. The first kappa shape index (κ1) is 18.3. The van der Waals surface area contributed by atoms with Crippen LogP contribution in [-0.2, 0) is 9.59 Å². The van der Waals surface area contributed by atoms with Crippen LogP contribution in [0.2, 0.25) is 0 Å². The maximum absolute atomic E-state index is 12.2. The first-order valence-corrected chi connectivity index (χ1v) is 8.24. The zero-order valence-electron chi connectivity index (χ0n) is 14.4. The minimum atomic E-state index is -1.02. The smallest absolute Gasteiger partial charge is 0.320 e. The third-order valence-electron chi connectivity index (χ3n) is 4.25. The van der Waals surface area contributed by atoms with Gasteiger partial charge in [0.2, 0.25) is 5.91 Å². The summed E-state index contributed by atoms with van der Waals surface area (Å²) in [5.41, 5.74) is 6.85. The van der Waals surface area contributed by atoms with Gasteiger partial charge in [-0.3, -0.25) is 14.6 Å². The molecule has 0 radical (unpaired) electrons. The lowest BCUT2D eigenvalue weighted by Gasteiger charge is -2.41. The van der Waals surface area contributed by atoms with E-state index >= 15 is 0 Å². The number of carboxylic acids is 1. The van der Waals surface area contributed by atoms with Crippen LogP contribution in [-0.4, -0.2) is 78.2 Å². The number of hydrogen-bond donors (Lipinski definition) is 3. The van der Waals surface area contributed by atoms with Gasteiger partial charge in [0, 0.05) is 27.2 Å². The van der Waals surface area contributed by atoms with E-state index in [1.54, 1.807) is 14.1 Å². The lowest BCUT2D eigenvalue weighted by molar-refractivity contribution is -0.139. The average molecular weight is 337 g/mol. The molecule has 0 aliphatic carbocycles. The van der Waals surface area contributed by atoms with E-state index in [1.165, 1.54) is 10.5 Å². The van der Waals surface area contributed by atoms with E-state index in [0.29, 0.717) is 13.1 Å². The fourth-order valence-corrected chi connectivity index (χ4v) is 2.77. The Labute approximate surface area is 142 Å². The van der Waals surface area contributed by atoms with Crippen molar-refractivity contribution in [2.75, 3.05) is 40.3 Å². The van der Waals surface area contributed by atoms with Crippen LogP contribution < -0.4 is 11.1 Å². The third-order valence-corrected chi connectivity index (χ3v) is 4.25. The molecule has 0 spiro atoms. The molecule has 2 aliphatic rings. The standard InChI is InChI=1S/C16H27N5O3/c1-19(2)14(22)11-20(10-7-13(17)16(23)24)21-9-4-6-12-5-3-8-18-15(12)21/h4,6,13,18H,3,5,7-11,17H2,1-2H3,(H,23,24)/t13-/m0/s1. The number of carboxylic acid groups (broad SMARTS) is 1. The molecule has 0 aromatic heterocycles. The summed E-state index contributed by atoms with van der Waals surface area (Å²) in [5, 5.41) is 16.3. The zero-order chi connectivity index (χ0) is 17.7. The van der Waals surface area contributed by atoms with E-state index < -0.39 is 12.0 Å². The summed E-state index contributed by atoms with van der Waals surface area (Å²) in [7, 11) is 3.42. The summed E-state index contributed by atoms with van der Waals surface area (Å²) in [6.07, 6.45) is 6.54. The van der Waals surface area contributed by atoms with Gasteiger partial charge in [-0.05, 0) is 24.8 Å². The topological polar surface area (TPSA) is 102 Å². The fraction of sp³-hybridized carbons (Fsp3) is 0.625. The average Bonchev–Trinajstić information content (AvgIpc) is 2.57. The highest BCUT2D eigenvalue weighted by Gasteiger charge is 2.27. The molecule has 1 atom stereocenters. The Balaban J connectivity index is 2.14. The Morgan fingerprint density at radius 2 is 2.21 bits per heavy atom. The molecule has 1 amide bonds. The molecule has 0 fully saturated rings. The second-order valence-corrected chi connectivity index (χ2v) is 6.30. The number of carbonyl (C=O) groups is 2. The minimum Gasteiger partial charge on any atom is -0.480 e. The number of aliphatic carboxylic acids is 1. The van der Waals surface area contributed by atoms with E-state index in [0.717, 1.165) is 25.2 Å². The zero-order valence-corrected chi connectivity index (χ0v) is 14.4. The van der Waals surface area contributed by atoms with Crippen LogP contribution in [0.4, 0.5) is 0 Å². The van der Waals surface area contributed by atoms with Crippen molar-refractivity contribution in [3.63, 3.8) is 0 Å². The highest BCUT2D eigenvalue weighted by atomic mass is 16.4. The number of hydrazine groups is 1. The Kier molecular flexibility index (Phi) is 6.22. The number of nitrogens with one attached hydrogen (secondary N) is 1. The van der Waals surface area contributed by atoms with Gasteiger partial charge in [-0.2, -0.15) is 0 Å². The van der Waals surface area contributed by atoms with Crippen molar-refractivity contribution in [3.8, 4) is 0 Å². The van der Waals surface area contributed by atoms with Gasteiger partial charge in [-0.15, -0.1) is 0 Å². The summed E-state index contributed by atoms with van der Waals surface area (Å²) in [6.45, 7) is 2.13. The molecule has 24 heavy (non-hydrogen) atoms. The molecule has 2 heterocycles. The number of allylic oxidation sites excluding steroid dienone is 2. The monoisotopic (exact) mass is 337 g/mol. The number of likely N-dealkylation sites (N-methyl/N-ethyl adjacent to an activating group) is 1. The SMILES string of the molecule is CN(C)C(=O)CN(CC[C@H](N)C(=O)O)N1CC=CC2=C1NCCC2. The molecule has 8 heteroatoms. The van der Waals surface area contributed by atoms with Gasteiger partial charge in [-0.25, -0.2) is 5.01 Å². The van der Waals surface area contributed by atoms with Crippen LogP contribution in [0.1, 0.15) is 19.3 Å². The maximum Gasteiger partial charge on any atom is 0.320 e. The normalized spacial score (nSPS) is 18.2. The van der Waals surface area contributed by atoms with Crippen LogP contribution >= 0.6 is 0 Å². The second-order valence-electron chi connectivity index (χ2n) is 6.30. The number of rotatable bonds is 7.